The van der Waals surface area contributed by atoms with E-state index in [1.807, 2.05) is 60.7 Å². The van der Waals surface area contributed by atoms with Gasteiger partial charge in [0.2, 0.25) is 5.91 Å². The second-order valence-corrected chi connectivity index (χ2v) is 8.44. The van der Waals surface area contributed by atoms with Crippen molar-refractivity contribution in [2.45, 2.75) is 5.75 Å². The average Bonchev–Trinajstić information content (AvgIpc) is 3.13. The molecular weight excluding hydrogens is 492 g/mol. The van der Waals surface area contributed by atoms with Crippen LogP contribution in [-0.2, 0) is 10.5 Å². The van der Waals surface area contributed by atoms with E-state index in [2.05, 4.69) is 42.4 Å². The van der Waals surface area contributed by atoms with Gasteiger partial charge in [-0.05, 0) is 42.0 Å². The fourth-order valence-electron chi connectivity index (χ4n) is 2.23. The normalized spacial score (nSPS) is 11.0. The zero-order chi connectivity index (χ0) is 19.1. The van der Waals surface area contributed by atoms with Crippen LogP contribution in [0.2, 0.25) is 0 Å². The van der Waals surface area contributed by atoms with Gasteiger partial charge in [-0.25, -0.2) is 5.43 Å². The molecular formula is C20H16Br2N2O2S. The van der Waals surface area contributed by atoms with Crippen molar-refractivity contribution in [3.8, 4) is 11.3 Å². The predicted octanol–water partition coefficient (Wildman–Crippen LogP) is 5.86. The summed E-state index contributed by atoms with van der Waals surface area (Å²) in [4.78, 5) is 11.8. The van der Waals surface area contributed by atoms with Crippen LogP contribution < -0.4 is 5.43 Å². The van der Waals surface area contributed by atoms with Gasteiger partial charge in [-0.1, -0.05) is 56.1 Å². The van der Waals surface area contributed by atoms with E-state index in [1.165, 1.54) is 11.8 Å². The number of amides is 1. The third-order valence-electron chi connectivity index (χ3n) is 3.55. The van der Waals surface area contributed by atoms with Crippen LogP contribution in [0.25, 0.3) is 11.3 Å². The summed E-state index contributed by atoms with van der Waals surface area (Å²) in [5.41, 5.74) is 4.67. The predicted molar refractivity (Wildman–Crippen MR) is 118 cm³/mol. The Morgan fingerprint density at radius 3 is 2.37 bits per heavy atom. The largest absolute Gasteiger partial charge is 0.455 e. The molecule has 0 unspecified atom stereocenters. The van der Waals surface area contributed by atoms with Gasteiger partial charge in [-0.2, -0.15) is 5.10 Å². The minimum atomic E-state index is -0.145. The summed E-state index contributed by atoms with van der Waals surface area (Å²) in [6.07, 6.45) is 1.50. The van der Waals surface area contributed by atoms with E-state index in [1.54, 1.807) is 11.8 Å². The van der Waals surface area contributed by atoms with E-state index in [0.717, 1.165) is 26.0 Å². The molecule has 1 heterocycles. The Bertz CT molecular complexity index is 922. The number of nitrogens with one attached hydrogen (secondary N) is 1. The van der Waals surface area contributed by atoms with E-state index < -0.39 is 0 Å². The number of thioether (sulfide) groups is 1. The van der Waals surface area contributed by atoms with Crippen molar-refractivity contribution in [3.05, 3.63) is 80.9 Å². The summed E-state index contributed by atoms with van der Waals surface area (Å²) in [6.45, 7) is 0. The Morgan fingerprint density at radius 1 is 1.00 bits per heavy atom. The minimum Gasteiger partial charge on any atom is -0.455 e. The molecule has 3 rings (SSSR count). The van der Waals surface area contributed by atoms with Gasteiger partial charge >= 0.3 is 0 Å². The number of hydrogen-bond acceptors (Lipinski definition) is 4. The first-order valence-corrected chi connectivity index (χ1v) is 10.8. The first-order valence-electron chi connectivity index (χ1n) is 8.10. The maximum Gasteiger partial charge on any atom is 0.250 e. The van der Waals surface area contributed by atoms with Crippen LogP contribution in [0.5, 0.6) is 0 Å². The molecule has 0 saturated heterocycles. The highest BCUT2D eigenvalue weighted by Crippen LogP contribution is 2.23. The molecule has 138 valence electrons. The molecule has 4 nitrogen and oxygen atoms in total. The molecule has 0 aliphatic heterocycles. The Labute approximate surface area is 178 Å². The van der Waals surface area contributed by atoms with Crippen molar-refractivity contribution in [2.24, 2.45) is 5.10 Å². The van der Waals surface area contributed by atoms with E-state index in [9.17, 15) is 4.79 Å². The van der Waals surface area contributed by atoms with E-state index >= 15 is 0 Å². The molecule has 1 N–H and O–H groups in total. The monoisotopic (exact) mass is 506 g/mol. The number of carbonyl (C=O) groups excluding carboxylic acids is 1. The highest BCUT2D eigenvalue weighted by Gasteiger charge is 2.04. The maximum atomic E-state index is 11.8. The molecule has 0 bridgehead atoms. The zero-order valence-electron chi connectivity index (χ0n) is 14.2. The molecule has 7 heteroatoms. The number of furan rings is 1. The number of nitrogens with zero attached hydrogens (tertiary/aromatic N) is 1. The first-order chi connectivity index (χ1) is 13.1. The van der Waals surface area contributed by atoms with Crippen LogP contribution in [0.1, 0.15) is 11.3 Å². The summed E-state index contributed by atoms with van der Waals surface area (Å²) >= 11 is 8.36. The van der Waals surface area contributed by atoms with Gasteiger partial charge in [0.05, 0.1) is 12.0 Å². The Kier molecular flexibility index (Phi) is 7.32. The van der Waals surface area contributed by atoms with E-state index in [4.69, 9.17) is 4.42 Å². The van der Waals surface area contributed by atoms with Crippen molar-refractivity contribution in [1.82, 2.24) is 5.43 Å². The van der Waals surface area contributed by atoms with Gasteiger partial charge in [0.25, 0.3) is 0 Å². The lowest BCUT2D eigenvalue weighted by Crippen LogP contribution is -2.19. The molecule has 3 aromatic rings. The number of rotatable bonds is 7. The summed E-state index contributed by atoms with van der Waals surface area (Å²) in [6, 6.07) is 19.6. The molecule has 27 heavy (non-hydrogen) atoms. The fraction of sp³-hybridized carbons (Fsp3) is 0.100. The van der Waals surface area contributed by atoms with Crippen LogP contribution in [0.15, 0.2) is 79.1 Å². The lowest BCUT2D eigenvalue weighted by molar-refractivity contribution is -0.118. The highest BCUT2D eigenvalue weighted by atomic mass is 79.9. The number of benzene rings is 2. The molecule has 0 saturated carbocycles. The molecule has 0 radical (unpaired) electrons. The third kappa shape index (κ3) is 6.37. The second-order valence-electron chi connectivity index (χ2n) is 5.62. The minimum absolute atomic E-state index is 0.145. The maximum absolute atomic E-state index is 11.8. The van der Waals surface area contributed by atoms with Crippen molar-refractivity contribution in [2.75, 3.05) is 5.75 Å². The SMILES string of the molecule is O=C(CSCc1ccc(Br)cc1)N/N=C/c1ccc(-c2ccc(Br)cc2)o1. The molecule has 0 aliphatic rings. The molecule has 2 aromatic carbocycles. The molecule has 0 atom stereocenters. The lowest BCUT2D eigenvalue weighted by atomic mass is 10.2. The molecule has 1 aromatic heterocycles. The third-order valence-corrected chi connectivity index (χ3v) is 5.61. The standard InChI is InChI=1S/C20H16Br2N2O2S/c21-16-5-1-14(2-6-16)12-27-13-20(25)24-23-11-18-9-10-19(26-18)15-3-7-17(22)8-4-15/h1-11H,12-13H2,(H,24,25)/b23-11+. The lowest BCUT2D eigenvalue weighted by Gasteiger charge is -2.01. The Hall–Kier alpha value is -1.83. The molecule has 0 aliphatic carbocycles. The topological polar surface area (TPSA) is 54.6 Å². The Morgan fingerprint density at radius 2 is 1.67 bits per heavy atom. The smallest absolute Gasteiger partial charge is 0.250 e. The second kappa shape index (κ2) is 9.92. The number of hydrazone groups is 1. The van der Waals surface area contributed by atoms with E-state index in [0.29, 0.717) is 11.5 Å². The quantitative estimate of drug-likeness (QED) is 0.322. The zero-order valence-corrected chi connectivity index (χ0v) is 18.2. The number of carbonyl (C=O) groups is 1. The summed E-state index contributed by atoms with van der Waals surface area (Å²) < 4.78 is 7.78. The Balaban J connectivity index is 1.44. The van der Waals surface area contributed by atoms with E-state index in [-0.39, 0.29) is 5.91 Å². The molecule has 0 fully saturated rings. The van der Waals surface area contributed by atoms with Gasteiger partial charge < -0.3 is 4.42 Å². The number of hydrogen-bond donors (Lipinski definition) is 1. The number of halogens is 2. The average molecular weight is 508 g/mol. The van der Waals surface area contributed by atoms with Crippen LogP contribution in [-0.4, -0.2) is 17.9 Å². The van der Waals surface area contributed by atoms with Gasteiger partial charge in [0, 0.05) is 20.3 Å². The van der Waals surface area contributed by atoms with Crippen LogP contribution >= 0.6 is 43.6 Å². The highest BCUT2D eigenvalue weighted by molar-refractivity contribution is 9.10. The van der Waals surface area contributed by atoms with Crippen molar-refractivity contribution >= 4 is 55.7 Å². The summed E-state index contributed by atoms with van der Waals surface area (Å²) in [5.74, 6) is 2.30. The molecule has 0 spiro atoms. The first kappa shape index (κ1) is 19.9. The van der Waals surface area contributed by atoms with Crippen molar-refractivity contribution in [3.63, 3.8) is 0 Å². The van der Waals surface area contributed by atoms with Crippen LogP contribution in [0.4, 0.5) is 0 Å². The molecule has 1 amide bonds. The van der Waals surface area contributed by atoms with Crippen molar-refractivity contribution in [1.29, 1.82) is 0 Å². The van der Waals surface area contributed by atoms with Gasteiger partial charge in [-0.3, -0.25) is 4.79 Å². The van der Waals surface area contributed by atoms with Crippen LogP contribution in [0, 0.1) is 0 Å². The van der Waals surface area contributed by atoms with Crippen LogP contribution in [0.3, 0.4) is 0 Å². The van der Waals surface area contributed by atoms with Gasteiger partial charge in [0.15, 0.2) is 0 Å². The summed E-state index contributed by atoms with van der Waals surface area (Å²) in [7, 11) is 0. The van der Waals surface area contributed by atoms with Crippen molar-refractivity contribution < 1.29 is 9.21 Å². The summed E-state index contributed by atoms with van der Waals surface area (Å²) in [5, 5.41) is 3.95. The van der Waals surface area contributed by atoms with Gasteiger partial charge in [-0.15, -0.1) is 11.8 Å². The van der Waals surface area contributed by atoms with Gasteiger partial charge in [0.1, 0.15) is 11.5 Å². The fourth-order valence-corrected chi connectivity index (χ4v) is 3.54.